The Morgan fingerprint density at radius 2 is 1.93 bits per heavy atom. The maximum Gasteiger partial charge on any atom is 0.266 e. The molecule has 7 nitrogen and oxygen atoms in total. The summed E-state index contributed by atoms with van der Waals surface area (Å²) in [7, 11) is -4.07. The van der Waals surface area contributed by atoms with Crippen molar-refractivity contribution < 1.29 is 22.0 Å². The standard InChI is InChI=1S/C18H16FN3O4S/c19-14-5-7-15(8-6-14)22(27(24,25)17-4-1-9-20-12-17)13-18(23)21-11-16-3-2-10-26-16/h1-10,12H,11,13H2,(H,21,23). The van der Waals surface area contributed by atoms with Crippen LogP contribution in [0.15, 0.2) is 76.5 Å². The van der Waals surface area contributed by atoms with Crippen molar-refractivity contribution in [3.05, 3.63) is 78.8 Å². The number of amides is 1. The van der Waals surface area contributed by atoms with Gasteiger partial charge in [0.25, 0.3) is 10.0 Å². The summed E-state index contributed by atoms with van der Waals surface area (Å²) in [6.45, 7) is -0.362. The number of nitrogens with one attached hydrogen (secondary N) is 1. The summed E-state index contributed by atoms with van der Waals surface area (Å²) in [5, 5.41) is 2.59. The van der Waals surface area contributed by atoms with E-state index in [0.717, 1.165) is 16.4 Å². The first-order valence-corrected chi connectivity index (χ1v) is 9.38. The topological polar surface area (TPSA) is 92.5 Å². The van der Waals surface area contributed by atoms with Gasteiger partial charge in [0, 0.05) is 12.4 Å². The molecule has 0 bridgehead atoms. The smallest absolute Gasteiger partial charge is 0.266 e. The van der Waals surface area contributed by atoms with Crippen LogP contribution in [0.3, 0.4) is 0 Å². The van der Waals surface area contributed by atoms with Crippen LogP contribution in [0.4, 0.5) is 10.1 Å². The number of sulfonamides is 1. The molecule has 3 aromatic rings. The highest BCUT2D eigenvalue weighted by Crippen LogP contribution is 2.23. The SMILES string of the molecule is O=C(CN(c1ccc(F)cc1)S(=O)(=O)c1cccnc1)NCc1ccco1. The highest BCUT2D eigenvalue weighted by atomic mass is 32.2. The van der Waals surface area contributed by atoms with Crippen molar-refractivity contribution in [2.45, 2.75) is 11.4 Å². The Bertz CT molecular complexity index is 991. The molecule has 0 atom stereocenters. The molecule has 1 aromatic carbocycles. The molecule has 27 heavy (non-hydrogen) atoms. The fourth-order valence-corrected chi connectivity index (χ4v) is 3.72. The van der Waals surface area contributed by atoms with Gasteiger partial charge in [0.1, 0.15) is 23.0 Å². The van der Waals surface area contributed by atoms with E-state index in [9.17, 15) is 17.6 Å². The van der Waals surface area contributed by atoms with Gasteiger partial charge in [-0.05, 0) is 48.5 Å². The normalized spacial score (nSPS) is 11.1. The number of hydrogen-bond donors (Lipinski definition) is 1. The van der Waals surface area contributed by atoms with E-state index in [2.05, 4.69) is 10.3 Å². The summed E-state index contributed by atoms with van der Waals surface area (Å²) in [6.07, 6.45) is 4.10. The van der Waals surface area contributed by atoms with E-state index < -0.39 is 28.3 Å². The number of carbonyl (C=O) groups excluding carboxylic acids is 1. The molecule has 0 spiro atoms. The number of anilines is 1. The van der Waals surface area contributed by atoms with Crippen molar-refractivity contribution in [1.82, 2.24) is 10.3 Å². The number of carbonyl (C=O) groups is 1. The van der Waals surface area contributed by atoms with Crippen LogP contribution in [0.2, 0.25) is 0 Å². The summed E-state index contributed by atoms with van der Waals surface area (Å²) >= 11 is 0. The summed E-state index contributed by atoms with van der Waals surface area (Å²) in [5.41, 5.74) is 0.161. The summed E-state index contributed by atoms with van der Waals surface area (Å²) in [4.78, 5) is 16.1. The third kappa shape index (κ3) is 4.50. The van der Waals surface area contributed by atoms with Crippen LogP contribution in [0.25, 0.3) is 0 Å². The van der Waals surface area contributed by atoms with E-state index in [0.29, 0.717) is 5.76 Å². The zero-order chi connectivity index (χ0) is 19.3. The number of halogens is 1. The Labute approximate surface area is 155 Å². The third-order valence-corrected chi connectivity index (χ3v) is 5.42. The van der Waals surface area contributed by atoms with Crippen LogP contribution in [0, 0.1) is 5.82 Å². The lowest BCUT2D eigenvalue weighted by Crippen LogP contribution is -2.40. The maximum atomic E-state index is 13.2. The van der Waals surface area contributed by atoms with Crippen LogP contribution in [0.5, 0.6) is 0 Å². The van der Waals surface area contributed by atoms with Crippen LogP contribution < -0.4 is 9.62 Å². The second-order valence-corrected chi connectivity index (χ2v) is 7.40. The first-order chi connectivity index (χ1) is 13.0. The zero-order valence-electron chi connectivity index (χ0n) is 14.1. The number of rotatable bonds is 7. The number of aromatic nitrogens is 1. The van der Waals surface area contributed by atoms with Gasteiger partial charge in [-0.25, -0.2) is 12.8 Å². The Hall–Kier alpha value is -3.20. The zero-order valence-corrected chi connectivity index (χ0v) is 14.9. The average Bonchev–Trinajstić information content (AvgIpc) is 3.19. The molecule has 140 valence electrons. The van der Waals surface area contributed by atoms with Crippen LogP contribution >= 0.6 is 0 Å². The minimum atomic E-state index is -4.07. The molecule has 3 rings (SSSR count). The van der Waals surface area contributed by atoms with Gasteiger partial charge in [0.05, 0.1) is 18.5 Å². The lowest BCUT2D eigenvalue weighted by molar-refractivity contribution is -0.119. The van der Waals surface area contributed by atoms with E-state index in [1.165, 1.54) is 42.9 Å². The van der Waals surface area contributed by atoms with Gasteiger partial charge in [-0.15, -0.1) is 0 Å². The predicted molar refractivity (Wildman–Crippen MR) is 95.7 cm³/mol. The molecule has 1 N–H and O–H groups in total. The van der Waals surface area contributed by atoms with Crippen molar-refractivity contribution in [1.29, 1.82) is 0 Å². The minimum Gasteiger partial charge on any atom is -0.467 e. The molecule has 0 radical (unpaired) electrons. The molecule has 0 unspecified atom stereocenters. The Morgan fingerprint density at radius 3 is 2.56 bits per heavy atom. The molecule has 2 heterocycles. The maximum absolute atomic E-state index is 13.2. The minimum absolute atomic E-state index is 0.0758. The summed E-state index contributed by atoms with van der Waals surface area (Å²) in [5.74, 6) is -0.519. The largest absolute Gasteiger partial charge is 0.467 e. The van der Waals surface area contributed by atoms with Crippen LogP contribution in [-0.2, 0) is 21.4 Å². The fraction of sp³-hybridized carbons (Fsp3) is 0.111. The van der Waals surface area contributed by atoms with E-state index in [4.69, 9.17) is 4.42 Å². The number of nitrogens with zero attached hydrogens (tertiary/aromatic N) is 2. The second kappa shape index (κ2) is 8.00. The average molecular weight is 389 g/mol. The van der Waals surface area contributed by atoms with Crippen molar-refractivity contribution in [2.75, 3.05) is 10.8 Å². The second-order valence-electron chi connectivity index (χ2n) is 5.53. The number of furan rings is 1. The lowest BCUT2D eigenvalue weighted by atomic mass is 10.3. The highest BCUT2D eigenvalue weighted by molar-refractivity contribution is 7.92. The molecule has 0 fully saturated rings. The first kappa shape index (κ1) is 18.6. The van der Waals surface area contributed by atoms with Gasteiger partial charge in [-0.3, -0.25) is 14.1 Å². The highest BCUT2D eigenvalue weighted by Gasteiger charge is 2.27. The lowest BCUT2D eigenvalue weighted by Gasteiger charge is -2.23. The fourth-order valence-electron chi connectivity index (χ4n) is 2.33. The molecule has 0 aliphatic carbocycles. The van der Waals surface area contributed by atoms with Gasteiger partial charge >= 0.3 is 0 Å². The van der Waals surface area contributed by atoms with Crippen molar-refractivity contribution >= 4 is 21.6 Å². The van der Waals surface area contributed by atoms with Gasteiger partial charge < -0.3 is 9.73 Å². The first-order valence-electron chi connectivity index (χ1n) is 7.94. The molecule has 1 amide bonds. The molecule has 0 aliphatic heterocycles. The Balaban J connectivity index is 1.86. The van der Waals surface area contributed by atoms with E-state index >= 15 is 0 Å². The Morgan fingerprint density at radius 1 is 1.15 bits per heavy atom. The quantitative estimate of drug-likeness (QED) is 0.670. The Kier molecular flexibility index (Phi) is 5.51. The van der Waals surface area contributed by atoms with E-state index in [-0.39, 0.29) is 17.1 Å². The van der Waals surface area contributed by atoms with Crippen molar-refractivity contribution in [3.8, 4) is 0 Å². The van der Waals surface area contributed by atoms with Crippen molar-refractivity contribution in [3.63, 3.8) is 0 Å². The molecular weight excluding hydrogens is 373 g/mol. The summed E-state index contributed by atoms with van der Waals surface area (Å²) < 4.78 is 45.2. The van der Waals surface area contributed by atoms with E-state index in [1.54, 1.807) is 12.1 Å². The van der Waals surface area contributed by atoms with Gasteiger partial charge in [-0.1, -0.05) is 0 Å². The molecule has 2 aromatic heterocycles. The number of pyridine rings is 1. The molecular formula is C18H16FN3O4S. The monoisotopic (exact) mass is 389 g/mol. The number of hydrogen-bond acceptors (Lipinski definition) is 5. The van der Waals surface area contributed by atoms with Crippen molar-refractivity contribution in [2.24, 2.45) is 0 Å². The van der Waals surface area contributed by atoms with E-state index in [1.807, 2.05) is 0 Å². The van der Waals surface area contributed by atoms with Crippen LogP contribution in [0.1, 0.15) is 5.76 Å². The molecule has 0 aliphatic rings. The van der Waals surface area contributed by atoms with Gasteiger partial charge in [-0.2, -0.15) is 0 Å². The molecule has 0 saturated heterocycles. The van der Waals surface area contributed by atoms with Gasteiger partial charge in [0.15, 0.2) is 0 Å². The molecule has 9 heteroatoms. The number of benzene rings is 1. The van der Waals surface area contributed by atoms with Crippen LogP contribution in [-0.4, -0.2) is 25.9 Å². The van der Waals surface area contributed by atoms with Gasteiger partial charge in [0.2, 0.25) is 5.91 Å². The summed E-state index contributed by atoms with van der Waals surface area (Å²) in [6, 6.07) is 11.1. The predicted octanol–water partition coefficient (Wildman–Crippen LogP) is 2.33. The molecule has 0 saturated carbocycles. The third-order valence-electron chi connectivity index (χ3n) is 3.66.